The summed E-state index contributed by atoms with van der Waals surface area (Å²) in [5, 5.41) is 0.343. The Kier molecular flexibility index (Phi) is 6.88. The van der Waals surface area contributed by atoms with Gasteiger partial charge < -0.3 is 4.43 Å². The quantitative estimate of drug-likeness (QED) is 0.558. The van der Waals surface area contributed by atoms with E-state index in [1.165, 1.54) is 25.7 Å². The molecule has 0 atom stereocenters. The predicted octanol–water partition coefficient (Wildman–Crippen LogP) is 5.22. The fourth-order valence-corrected chi connectivity index (χ4v) is 2.76. The molecule has 0 amide bonds. The molecule has 0 unspecified atom stereocenters. The van der Waals surface area contributed by atoms with Gasteiger partial charge in [-0.2, -0.15) is 0 Å². The summed E-state index contributed by atoms with van der Waals surface area (Å²) in [6.45, 7) is 17.2. The SMILES string of the molecule is CCCC(CCC)CO[Si](C)(C)C(C)(C)C. The Morgan fingerprint density at radius 2 is 1.44 bits per heavy atom. The van der Waals surface area contributed by atoms with E-state index in [1.54, 1.807) is 0 Å². The first-order valence-electron chi connectivity index (χ1n) is 6.88. The van der Waals surface area contributed by atoms with Gasteiger partial charge >= 0.3 is 0 Å². The van der Waals surface area contributed by atoms with Crippen LogP contribution < -0.4 is 0 Å². The second-order valence-corrected chi connectivity index (χ2v) is 11.3. The molecule has 0 aliphatic carbocycles. The summed E-state index contributed by atoms with van der Waals surface area (Å²) in [4.78, 5) is 0. The smallest absolute Gasteiger partial charge is 0.191 e. The van der Waals surface area contributed by atoms with Crippen LogP contribution in [0.1, 0.15) is 60.3 Å². The minimum absolute atomic E-state index is 0.343. The highest BCUT2D eigenvalue weighted by molar-refractivity contribution is 6.74. The zero-order chi connectivity index (χ0) is 12.8. The summed E-state index contributed by atoms with van der Waals surface area (Å²) >= 11 is 0. The zero-order valence-corrected chi connectivity index (χ0v) is 13.5. The maximum absolute atomic E-state index is 6.30. The van der Waals surface area contributed by atoms with E-state index in [0.717, 1.165) is 12.5 Å². The average molecular weight is 244 g/mol. The molecule has 2 heteroatoms. The topological polar surface area (TPSA) is 9.23 Å². The molecule has 0 aliphatic heterocycles. The van der Waals surface area contributed by atoms with Gasteiger partial charge in [-0.05, 0) is 36.9 Å². The molecular formula is C14H32OSi. The number of rotatable bonds is 7. The minimum atomic E-state index is -1.53. The molecule has 0 radical (unpaired) electrons. The predicted molar refractivity (Wildman–Crippen MR) is 76.5 cm³/mol. The molecule has 98 valence electrons. The van der Waals surface area contributed by atoms with Crippen LogP contribution in [0.5, 0.6) is 0 Å². The van der Waals surface area contributed by atoms with Gasteiger partial charge in [-0.3, -0.25) is 0 Å². The van der Waals surface area contributed by atoms with Gasteiger partial charge in [0.2, 0.25) is 0 Å². The van der Waals surface area contributed by atoms with Crippen molar-refractivity contribution in [2.75, 3.05) is 6.61 Å². The molecule has 0 heterocycles. The first-order chi connectivity index (χ1) is 7.24. The van der Waals surface area contributed by atoms with E-state index >= 15 is 0 Å². The van der Waals surface area contributed by atoms with Gasteiger partial charge in [0.05, 0.1) is 0 Å². The zero-order valence-electron chi connectivity index (χ0n) is 12.5. The van der Waals surface area contributed by atoms with E-state index < -0.39 is 8.32 Å². The van der Waals surface area contributed by atoms with Crippen molar-refractivity contribution in [2.45, 2.75) is 78.4 Å². The normalized spacial score (nSPS) is 13.5. The van der Waals surface area contributed by atoms with Crippen LogP contribution in [0.15, 0.2) is 0 Å². The van der Waals surface area contributed by atoms with E-state index in [9.17, 15) is 0 Å². The first kappa shape index (κ1) is 16.2. The number of hydrogen-bond acceptors (Lipinski definition) is 1. The van der Waals surface area contributed by atoms with Gasteiger partial charge in [-0.1, -0.05) is 47.5 Å². The van der Waals surface area contributed by atoms with Crippen molar-refractivity contribution < 1.29 is 4.43 Å². The molecule has 0 rings (SSSR count). The molecule has 0 saturated heterocycles. The molecule has 0 saturated carbocycles. The van der Waals surface area contributed by atoms with Crippen molar-refractivity contribution in [3.63, 3.8) is 0 Å². The third-order valence-electron chi connectivity index (χ3n) is 3.88. The minimum Gasteiger partial charge on any atom is -0.417 e. The van der Waals surface area contributed by atoms with E-state index in [2.05, 4.69) is 47.7 Å². The van der Waals surface area contributed by atoms with E-state index in [0.29, 0.717) is 5.04 Å². The third kappa shape index (κ3) is 5.49. The maximum atomic E-state index is 6.30. The lowest BCUT2D eigenvalue weighted by atomic mass is 10.00. The molecule has 0 N–H and O–H groups in total. The maximum Gasteiger partial charge on any atom is 0.191 e. The second-order valence-electron chi connectivity index (χ2n) is 6.51. The van der Waals surface area contributed by atoms with Crippen LogP contribution in [0.25, 0.3) is 0 Å². The summed E-state index contributed by atoms with van der Waals surface area (Å²) in [5.74, 6) is 0.782. The Labute approximate surface area is 104 Å². The van der Waals surface area contributed by atoms with Gasteiger partial charge in [0.1, 0.15) is 0 Å². The molecule has 0 aromatic rings. The van der Waals surface area contributed by atoms with Crippen molar-refractivity contribution >= 4 is 8.32 Å². The van der Waals surface area contributed by atoms with Crippen LogP contribution >= 0.6 is 0 Å². The van der Waals surface area contributed by atoms with Gasteiger partial charge in [0, 0.05) is 6.61 Å². The van der Waals surface area contributed by atoms with Gasteiger partial charge in [-0.25, -0.2) is 0 Å². The van der Waals surface area contributed by atoms with Crippen LogP contribution in [0, 0.1) is 5.92 Å². The van der Waals surface area contributed by atoms with E-state index in [-0.39, 0.29) is 0 Å². The Balaban J connectivity index is 4.18. The van der Waals surface area contributed by atoms with Crippen LogP contribution in [-0.4, -0.2) is 14.9 Å². The molecule has 0 bridgehead atoms. The molecule has 0 fully saturated rings. The Morgan fingerprint density at radius 3 is 1.75 bits per heavy atom. The molecule has 16 heavy (non-hydrogen) atoms. The fraction of sp³-hybridized carbons (Fsp3) is 1.00. The molecule has 0 aliphatic rings. The summed E-state index contributed by atoms with van der Waals surface area (Å²) in [6.07, 6.45) is 5.21. The summed E-state index contributed by atoms with van der Waals surface area (Å²) < 4.78 is 6.30. The second kappa shape index (κ2) is 6.80. The lowest BCUT2D eigenvalue weighted by Crippen LogP contribution is -2.42. The first-order valence-corrected chi connectivity index (χ1v) is 9.79. The summed E-state index contributed by atoms with van der Waals surface area (Å²) in [7, 11) is -1.53. The lowest BCUT2D eigenvalue weighted by molar-refractivity contribution is 0.211. The van der Waals surface area contributed by atoms with Crippen LogP contribution in [0.4, 0.5) is 0 Å². The van der Waals surface area contributed by atoms with Crippen LogP contribution in [0.3, 0.4) is 0 Å². The molecule has 0 aromatic carbocycles. The average Bonchev–Trinajstić information content (AvgIpc) is 2.13. The molecular weight excluding hydrogens is 212 g/mol. The fourth-order valence-electron chi connectivity index (χ4n) is 1.67. The summed E-state index contributed by atoms with van der Waals surface area (Å²) in [5.41, 5.74) is 0. The van der Waals surface area contributed by atoms with Crippen molar-refractivity contribution in [3.8, 4) is 0 Å². The van der Waals surface area contributed by atoms with Crippen molar-refractivity contribution in [3.05, 3.63) is 0 Å². The Morgan fingerprint density at radius 1 is 1.00 bits per heavy atom. The standard InChI is InChI=1S/C14H32OSi/c1-8-10-13(11-9-2)12-15-16(6,7)14(3,4)5/h13H,8-12H2,1-7H3. The number of hydrogen-bond donors (Lipinski definition) is 0. The van der Waals surface area contributed by atoms with Gasteiger partial charge in [-0.15, -0.1) is 0 Å². The van der Waals surface area contributed by atoms with Gasteiger partial charge in [0.15, 0.2) is 8.32 Å². The third-order valence-corrected chi connectivity index (χ3v) is 8.38. The van der Waals surface area contributed by atoms with Crippen molar-refractivity contribution in [1.82, 2.24) is 0 Å². The lowest BCUT2D eigenvalue weighted by Gasteiger charge is -2.37. The molecule has 0 spiro atoms. The Bertz CT molecular complexity index is 176. The highest BCUT2D eigenvalue weighted by atomic mass is 28.4. The van der Waals surface area contributed by atoms with Crippen LogP contribution in [0.2, 0.25) is 18.1 Å². The highest BCUT2D eigenvalue weighted by Gasteiger charge is 2.37. The summed E-state index contributed by atoms with van der Waals surface area (Å²) in [6, 6.07) is 0. The van der Waals surface area contributed by atoms with E-state index in [1.807, 2.05) is 0 Å². The molecule has 0 aromatic heterocycles. The Hall–Kier alpha value is 0.177. The van der Waals surface area contributed by atoms with Crippen LogP contribution in [-0.2, 0) is 4.43 Å². The largest absolute Gasteiger partial charge is 0.417 e. The highest BCUT2D eigenvalue weighted by Crippen LogP contribution is 2.37. The van der Waals surface area contributed by atoms with Crippen molar-refractivity contribution in [1.29, 1.82) is 0 Å². The molecule has 1 nitrogen and oxygen atoms in total. The monoisotopic (exact) mass is 244 g/mol. The van der Waals surface area contributed by atoms with Gasteiger partial charge in [0.25, 0.3) is 0 Å². The van der Waals surface area contributed by atoms with E-state index in [4.69, 9.17) is 4.43 Å². The van der Waals surface area contributed by atoms with Crippen molar-refractivity contribution in [2.24, 2.45) is 5.92 Å².